The highest BCUT2D eigenvalue weighted by Crippen LogP contribution is 2.28. The predicted molar refractivity (Wildman–Crippen MR) is 84.3 cm³/mol. The number of nitrogens with one attached hydrogen (secondary N) is 1. The average molecular weight is 327 g/mol. The number of carbonyl (C=O) groups is 1. The van der Waals surface area contributed by atoms with E-state index in [1.807, 2.05) is 46.8 Å². The molecule has 1 amide bonds. The number of aryl methyl sites for hydroxylation is 2. The summed E-state index contributed by atoms with van der Waals surface area (Å²) in [5, 5.41) is 2.94. The Morgan fingerprint density at radius 3 is 2.42 bits per heavy atom. The van der Waals surface area contributed by atoms with E-state index in [2.05, 4.69) is 21.2 Å². The third-order valence-corrected chi connectivity index (χ3v) is 3.84. The lowest BCUT2D eigenvalue weighted by Gasteiger charge is -2.26. The second-order valence-corrected chi connectivity index (χ2v) is 7.02. The maximum atomic E-state index is 12.0. The molecule has 0 saturated carbocycles. The van der Waals surface area contributed by atoms with Crippen LogP contribution in [-0.4, -0.2) is 11.9 Å². The molecule has 19 heavy (non-hydrogen) atoms. The Morgan fingerprint density at radius 1 is 1.37 bits per heavy atom. The molecule has 0 aliphatic heterocycles. The molecule has 1 unspecified atom stereocenters. The summed E-state index contributed by atoms with van der Waals surface area (Å²) in [4.78, 5) is 12.0. The Labute approximate surface area is 124 Å². The normalized spacial score (nSPS) is 13.2. The van der Waals surface area contributed by atoms with Crippen LogP contribution >= 0.6 is 15.9 Å². The lowest BCUT2D eigenvalue weighted by atomic mass is 9.85. The number of benzene rings is 1. The van der Waals surface area contributed by atoms with Gasteiger partial charge >= 0.3 is 0 Å². The minimum absolute atomic E-state index is 0.0462. The van der Waals surface area contributed by atoms with E-state index < -0.39 is 0 Å². The van der Waals surface area contributed by atoms with E-state index in [4.69, 9.17) is 5.73 Å². The van der Waals surface area contributed by atoms with Crippen LogP contribution in [0.2, 0.25) is 0 Å². The fourth-order valence-corrected chi connectivity index (χ4v) is 2.54. The molecular weight excluding hydrogens is 304 g/mol. The van der Waals surface area contributed by atoms with Crippen LogP contribution in [0.5, 0.6) is 0 Å². The molecule has 3 N–H and O–H groups in total. The lowest BCUT2D eigenvalue weighted by molar-refractivity contribution is -0.117. The lowest BCUT2D eigenvalue weighted by Crippen LogP contribution is -2.38. The van der Waals surface area contributed by atoms with Crippen molar-refractivity contribution in [2.75, 3.05) is 5.32 Å². The molecule has 0 heterocycles. The molecule has 0 aromatic heterocycles. The first-order valence-corrected chi connectivity index (χ1v) is 7.22. The van der Waals surface area contributed by atoms with Gasteiger partial charge in [0.2, 0.25) is 5.91 Å². The zero-order valence-electron chi connectivity index (χ0n) is 12.3. The molecule has 0 saturated heterocycles. The summed E-state index contributed by atoms with van der Waals surface area (Å²) >= 11 is 3.49. The first-order chi connectivity index (χ1) is 8.61. The van der Waals surface area contributed by atoms with Gasteiger partial charge in [-0.2, -0.15) is 0 Å². The highest BCUT2D eigenvalue weighted by molar-refractivity contribution is 9.10. The molecule has 3 nitrogen and oxygen atoms in total. The number of rotatable bonds is 3. The highest BCUT2D eigenvalue weighted by atomic mass is 79.9. The summed E-state index contributed by atoms with van der Waals surface area (Å²) < 4.78 is 0.905. The maximum absolute atomic E-state index is 12.0. The minimum atomic E-state index is -0.156. The van der Waals surface area contributed by atoms with Gasteiger partial charge in [-0.3, -0.25) is 4.79 Å². The van der Waals surface area contributed by atoms with E-state index in [1.165, 1.54) is 0 Å². The summed E-state index contributed by atoms with van der Waals surface area (Å²) in [7, 11) is 0. The van der Waals surface area contributed by atoms with Crippen molar-refractivity contribution in [2.45, 2.75) is 47.1 Å². The smallest absolute Gasteiger partial charge is 0.225 e. The van der Waals surface area contributed by atoms with E-state index in [-0.39, 0.29) is 17.4 Å². The SMILES string of the molecule is Cc1cc(C)c(NC(=O)CC(N)C(C)(C)C)c(Br)c1. The Kier molecular flexibility index (Phi) is 5.16. The van der Waals surface area contributed by atoms with Crippen molar-refractivity contribution in [3.63, 3.8) is 0 Å². The Morgan fingerprint density at radius 2 is 1.95 bits per heavy atom. The maximum Gasteiger partial charge on any atom is 0.225 e. The van der Waals surface area contributed by atoms with Crippen molar-refractivity contribution in [3.8, 4) is 0 Å². The van der Waals surface area contributed by atoms with E-state index >= 15 is 0 Å². The van der Waals surface area contributed by atoms with Gasteiger partial charge in [-0.05, 0) is 52.4 Å². The number of nitrogens with two attached hydrogens (primary N) is 1. The Balaban J connectivity index is 2.79. The van der Waals surface area contributed by atoms with Crippen LogP contribution in [0.25, 0.3) is 0 Å². The van der Waals surface area contributed by atoms with Gasteiger partial charge in [0.05, 0.1) is 5.69 Å². The number of hydrogen-bond acceptors (Lipinski definition) is 2. The first kappa shape index (κ1) is 16.2. The standard InChI is InChI=1S/C15H23BrN2O/c1-9-6-10(2)14(11(16)7-9)18-13(19)8-12(17)15(3,4)5/h6-7,12H,8,17H2,1-5H3,(H,18,19). The second kappa shape index (κ2) is 6.06. The van der Waals surface area contributed by atoms with Crippen LogP contribution < -0.4 is 11.1 Å². The monoisotopic (exact) mass is 326 g/mol. The van der Waals surface area contributed by atoms with E-state index in [0.29, 0.717) is 6.42 Å². The summed E-state index contributed by atoms with van der Waals surface area (Å²) in [6.07, 6.45) is 0.323. The zero-order chi connectivity index (χ0) is 14.8. The van der Waals surface area contributed by atoms with Crippen molar-refractivity contribution in [1.82, 2.24) is 0 Å². The van der Waals surface area contributed by atoms with Crippen molar-refractivity contribution in [2.24, 2.45) is 11.1 Å². The zero-order valence-corrected chi connectivity index (χ0v) is 13.9. The van der Waals surface area contributed by atoms with Gasteiger partial charge in [-0.15, -0.1) is 0 Å². The van der Waals surface area contributed by atoms with Gasteiger partial charge in [-0.25, -0.2) is 0 Å². The van der Waals surface area contributed by atoms with E-state index in [9.17, 15) is 4.79 Å². The minimum Gasteiger partial charge on any atom is -0.327 e. The summed E-state index contributed by atoms with van der Waals surface area (Å²) in [5.41, 5.74) is 9.00. The van der Waals surface area contributed by atoms with Gasteiger partial charge in [-0.1, -0.05) is 26.8 Å². The fraction of sp³-hybridized carbons (Fsp3) is 0.533. The molecule has 1 rings (SSSR count). The van der Waals surface area contributed by atoms with Crippen LogP contribution in [0.15, 0.2) is 16.6 Å². The largest absolute Gasteiger partial charge is 0.327 e. The first-order valence-electron chi connectivity index (χ1n) is 6.43. The highest BCUT2D eigenvalue weighted by Gasteiger charge is 2.23. The number of carbonyl (C=O) groups excluding carboxylic acids is 1. The van der Waals surface area contributed by atoms with Crippen LogP contribution in [-0.2, 0) is 4.79 Å². The van der Waals surface area contributed by atoms with E-state index in [1.54, 1.807) is 0 Å². The fourth-order valence-electron chi connectivity index (χ4n) is 1.77. The molecule has 0 aliphatic rings. The second-order valence-electron chi connectivity index (χ2n) is 6.16. The third kappa shape index (κ3) is 4.62. The van der Waals surface area contributed by atoms with Crippen molar-refractivity contribution in [3.05, 3.63) is 27.7 Å². The van der Waals surface area contributed by atoms with Gasteiger partial charge in [0.1, 0.15) is 0 Å². The number of hydrogen-bond donors (Lipinski definition) is 2. The van der Waals surface area contributed by atoms with Crippen LogP contribution in [0.3, 0.4) is 0 Å². The summed E-state index contributed by atoms with van der Waals surface area (Å²) in [5.74, 6) is -0.0462. The Hall–Kier alpha value is -0.870. The molecule has 1 aromatic carbocycles. The van der Waals surface area contributed by atoms with Crippen LogP contribution in [0, 0.1) is 19.3 Å². The van der Waals surface area contributed by atoms with Gasteiger partial charge < -0.3 is 11.1 Å². The molecule has 4 heteroatoms. The van der Waals surface area contributed by atoms with Crippen molar-refractivity contribution >= 4 is 27.5 Å². The summed E-state index contributed by atoms with van der Waals surface area (Å²) in [6.45, 7) is 10.1. The Bertz CT molecular complexity index is 455. The van der Waals surface area contributed by atoms with Crippen molar-refractivity contribution < 1.29 is 4.79 Å². The molecule has 0 radical (unpaired) electrons. The third-order valence-electron chi connectivity index (χ3n) is 3.21. The molecule has 106 valence electrons. The van der Waals surface area contributed by atoms with Gasteiger partial charge in [0.25, 0.3) is 0 Å². The predicted octanol–water partition coefficient (Wildman–Crippen LogP) is 3.77. The van der Waals surface area contributed by atoms with E-state index in [0.717, 1.165) is 21.3 Å². The topological polar surface area (TPSA) is 55.1 Å². The molecule has 0 fully saturated rings. The molecule has 0 spiro atoms. The van der Waals surface area contributed by atoms with Crippen LogP contribution in [0.4, 0.5) is 5.69 Å². The summed E-state index contributed by atoms with van der Waals surface area (Å²) in [6, 6.07) is 3.88. The quantitative estimate of drug-likeness (QED) is 0.888. The number of halogens is 1. The molecule has 0 bridgehead atoms. The van der Waals surface area contributed by atoms with Crippen LogP contribution in [0.1, 0.15) is 38.3 Å². The number of anilines is 1. The number of amides is 1. The van der Waals surface area contributed by atoms with Gasteiger partial charge in [0.15, 0.2) is 0 Å². The average Bonchev–Trinajstić information content (AvgIpc) is 2.21. The van der Waals surface area contributed by atoms with Gasteiger partial charge in [0, 0.05) is 16.9 Å². The molecule has 1 atom stereocenters. The molecule has 1 aromatic rings. The molecular formula is C15H23BrN2O. The van der Waals surface area contributed by atoms with Crippen molar-refractivity contribution in [1.29, 1.82) is 0 Å². The molecule has 0 aliphatic carbocycles.